The van der Waals surface area contributed by atoms with Crippen LogP contribution in [0, 0.1) is 0 Å². The van der Waals surface area contributed by atoms with E-state index in [-0.39, 0.29) is 0 Å². The van der Waals surface area contributed by atoms with Crippen LogP contribution in [0.5, 0.6) is 0 Å². The summed E-state index contributed by atoms with van der Waals surface area (Å²) < 4.78 is 0. The van der Waals surface area contributed by atoms with Gasteiger partial charge in [0.2, 0.25) is 0 Å². The molecule has 0 radical (unpaired) electrons. The molecule has 13 heavy (non-hydrogen) atoms. The largest absolute Gasteiger partial charge is 0.320 e. The minimum Gasteiger partial charge on any atom is -0.320 e. The van der Waals surface area contributed by atoms with E-state index >= 15 is 0 Å². The van der Waals surface area contributed by atoms with Crippen LogP contribution < -0.4 is 5.32 Å². The van der Waals surface area contributed by atoms with E-state index in [0.717, 1.165) is 6.54 Å². The summed E-state index contributed by atoms with van der Waals surface area (Å²) in [6.07, 6.45) is 7.77. The van der Waals surface area contributed by atoms with Crippen molar-refractivity contribution in [1.82, 2.24) is 10.3 Å². The molecule has 0 bridgehead atoms. The second-order valence-electron chi connectivity index (χ2n) is 3.88. The lowest BCUT2D eigenvalue weighted by Gasteiger charge is -2.14. The monoisotopic (exact) mass is 176 g/mol. The third kappa shape index (κ3) is 1.73. The van der Waals surface area contributed by atoms with Crippen molar-refractivity contribution in [2.45, 2.75) is 24.7 Å². The molecule has 0 amide bonds. The maximum Gasteiger partial charge on any atom is 0.0305 e. The smallest absolute Gasteiger partial charge is 0.0305 e. The Morgan fingerprint density at radius 3 is 2.92 bits per heavy atom. The molecule has 2 rings (SSSR count). The number of hydrogen-bond acceptors (Lipinski definition) is 2. The van der Waals surface area contributed by atoms with Crippen molar-refractivity contribution >= 4 is 0 Å². The van der Waals surface area contributed by atoms with E-state index in [4.69, 9.17) is 0 Å². The summed E-state index contributed by atoms with van der Waals surface area (Å²) in [6, 6.07) is 4.24. The molecule has 2 heteroatoms. The zero-order valence-electron chi connectivity index (χ0n) is 8.09. The van der Waals surface area contributed by atoms with Gasteiger partial charge < -0.3 is 5.32 Å². The number of rotatable bonds is 4. The number of hydrogen-bond donors (Lipinski definition) is 1. The molecule has 0 unspecified atom stereocenters. The van der Waals surface area contributed by atoms with Crippen LogP contribution in [0.15, 0.2) is 24.5 Å². The molecule has 0 saturated heterocycles. The van der Waals surface area contributed by atoms with Crippen LogP contribution in [0.4, 0.5) is 0 Å². The normalized spacial score (nSPS) is 18.5. The minimum atomic E-state index is 0.470. The van der Waals surface area contributed by atoms with Gasteiger partial charge in [0.1, 0.15) is 0 Å². The molecular formula is C11H16N2. The van der Waals surface area contributed by atoms with Crippen LogP contribution in [0.3, 0.4) is 0 Å². The third-order valence-corrected chi connectivity index (χ3v) is 2.98. The van der Waals surface area contributed by atoms with Gasteiger partial charge in [0.15, 0.2) is 0 Å². The molecule has 1 heterocycles. The predicted molar refractivity (Wildman–Crippen MR) is 53.7 cm³/mol. The summed E-state index contributed by atoms with van der Waals surface area (Å²) in [6.45, 7) is 1.11. The summed E-state index contributed by atoms with van der Waals surface area (Å²) >= 11 is 0. The van der Waals surface area contributed by atoms with Gasteiger partial charge in [-0.2, -0.15) is 0 Å². The molecule has 70 valence electrons. The van der Waals surface area contributed by atoms with Crippen molar-refractivity contribution in [3.8, 4) is 0 Å². The second kappa shape index (κ2) is 3.46. The zero-order chi connectivity index (χ0) is 9.15. The molecule has 0 spiro atoms. The number of nitrogens with zero attached hydrogens (tertiary/aromatic N) is 1. The van der Waals surface area contributed by atoms with E-state index in [1.807, 2.05) is 25.5 Å². The number of aromatic nitrogens is 1. The fraction of sp³-hybridized carbons (Fsp3) is 0.545. The summed E-state index contributed by atoms with van der Waals surface area (Å²) in [5.74, 6) is 0. The maximum absolute atomic E-state index is 4.18. The standard InChI is InChI=1S/C11H16N2/c1-12-8-6-11(4-5-11)10-3-2-7-13-9-10/h2-3,7,9,12H,4-6,8H2,1H3. The summed E-state index contributed by atoms with van der Waals surface area (Å²) in [7, 11) is 2.01. The first-order valence-electron chi connectivity index (χ1n) is 4.92. The van der Waals surface area contributed by atoms with Crippen molar-refractivity contribution in [3.63, 3.8) is 0 Å². The van der Waals surface area contributed by atoms with Gasteiger partial charge in [-0.3, -0.25) is 4.98 Å². The van der Waals surface area contributed by atoms with Crippen LogP contribution in [0.2, 0.25) is 0 Å². The van der Waals surface area contributed by atoms with Crippen molar-refractivity contribution < 1.29 is 0 Å². The molecule has 1 fully saturated rings. The molecule has 1 saturated carbocycles. The highest BCUT2D eigenvalue weighted by atomic mass is 14.8. The van der Waals surface area contributed by atoms with Crippen molar-refractivity contribution in [1.29, 1.82) is 0 Å². The maximum atomic E-state index is 4.18. The molecule has 1 aliphatic rings. The Kier molecular flexibility index (Phi) is 2.32. The summed E-state index contributed by atoms with van der Waals surface area (Å²) in [5.41, 5.74) is 1.89. The van der Waals surface area contributed by atoms with Gasteiger partial charge in [-0.05, 0) is 49.9 Å². The van der Waals surface area contributed by atoms with Crippen LogP contribution in [0.25, 0.3) is 0 Å². The van der Waals surface area contributed by atoms with Gasteiger partial charge in [-0.1, -0.05) is 6.07 Å². The predicted octanol–water partition coefficient (Wildman–Crippen LogP) is 1.72. The molecule has 1 aliphatic carbocycles. The molecule has 1 N–H and O–H groups in total. The van der Waals surface area contributed by atoms with Crippen molar-refractivity contribution in [2.24, 2.45) is 0 Å². The zero-order valence-corrected chi connectivity index (χ0v) is 8.09. The van der Waals surface area contributed by atoms with Crippen molar-refractivity contribution in [2.75, 3.05) is 13.6 Å². The summed E-state index contributed by atoms with van der Waals surface area (Å²) in [4.78, 5) is 4.18. The lowest BCUT2D eigenvalue weighted by Crippen LogP contribution is -2.16. The highest BCUT2D eigenvalue weighted by Crippen LogP contribution is 2.50. The lowest BCUT2D eigenvalue weighted by atomic mass is 9.94. The highest BCUT2D eigenvalue weighted by Gasteiger charge is 2.43. The Morgan fingerprint density at radius 2 is 2.38 bits per heavy atom. The molecule has 0 atom stereocenters. The molecule has 1 aromatic heterocycles. The molecular weight excluding hydrogens is 160 g/mol. The average Bonchev–Trinajstić information content (AvgIpc) is 2.97. The van der Waals surface area contributed by atoms with E-state index < -0.39 is 0 Å². The third-order valence-electron chi connectivity index (χ3n) is 2.98. The van der Waals surface area contributed by atoms with E-state index in [1.54, 1.807) is 0 Å². The van der Waals surface area contributed by atoms with Gasteiger partial charge in [0.25, 0.3) is 0 Å². The van der Waals surface area contributed by atoms with Gasteiger partial charge in [0.05, 0.1) is 0 Å². The summed E-state index contributed by atoms with van der Waals surface area (Å²) in [5, 5.41) is 3.21. The Bertz CT molecular complexity index is 265. The van der Waals surface area contributed by atoms with Crippen LogP contribution >= 0.6 is 0 Å². The van der Waals surface area contributed by atoms with Gasteiger partial charge in [0, 0.05) is 12.4 Å². The first-order valence-corrected chi connectivity index (χ1v) is 4.92. The Balaban J connectivity index is 2.07. The van der Waals surface area contributed by atoms with E-state index in [0.29, 0.717) is 5.41 Å². The topological polar surface area (TPSA) is 24.9 Å². The van der Waals surface area contributed by atoms with E-state index in [9.17, 15) is 0 Å². The van der Waals surface area contributed by atoms with Gasteiger partial charge in [-0.25, -0.2) is 0 Å². The van der Waals surface area contributed by atoms with E-state index in [2.05, 4.69) is 16.4 Å². The molecule has 0 aromatic carbocycles. The molecule has 2 nitrogen and oxygen atoms in total. The molecule has 0 aliphatic heterocycles. The molecule has 1 aromatic rings. The number of pyridine rings is 1. The SMILES string of the molecule is CNCCC1(c2cccnc2)CC1. The van der Waals surface area contributed by atoms with Crippen LogP contribution in [-0.4, -0.2) is 18.6 Å². The van der Waals surface area contributed by atoms with Gasteiger partial charge >= 0.3 is 0 Å². The first kappa shape index (κ1) is 8.70. The van der Waals surface area contributed by atoms with Crippen LogP contribution in [-0.2, 0) is 5.41 Å². The number of nitrogens with one attached hydrogen (secondary N) is 1. The van der Waals surface area contributed by atoms with E-state index in [1.165, 1.54) is 24.8 Å². The average molecular weight is 176 g/mol. The Labute approximate surface area is 79.4 Å². The first-order chi connectivity index (χ1) is 6.37. The second-order valence-corrected chi connectivity index (χ2v) is 3.88. The Morgan fingerprint density at radius 1 is 1.54 bits per heavy atom. The quantitative estimate of drug-likeness (QED) is 0.755. The minimum absolute atomic E-state index is 0.470. The van der Waals surface area contributed by atoms with Crippen LogP contribution in [0.1, 0.15) is 24.8 Å². The van der Waals surface area contributed by atoms with Gasteiger partial charge in [-0.15, -0.1) is 0 Å². The Hall–Kier alpha value is -0.890. The fourth-order valence-corrected chi connectivity index (χ4v) is 1.87. The van der Waals surface area contributed by atoms with Crippen molar-refractivity contribution in [3.05, 3.63) is 30.1 Å². The highest BCUT2D eigenvalue weighted by molar-refractivity contribution is 5.28. The fourth-order valence-electron chi connectivity index (χ4n) is 1.87. The lowest BCUT2D eigenvalue weighted by molar-refractivity contribution is 0.586.